The Morgan fingerprint density at radius 1 is 1.16 bits per heavy atom. The molecule has 2 aromatic carbocycles. The van der Waals surface area contributed by atoms with Crippen LogP contribution in [0.1, 0.15) is 41.7 Å². The number of benzene rings is 2. The molecular weight excluding hydrogens is 314 g/mol. The quantitative estimate of drug-likeness (QED) is 0.673. The van der Waals surface area contributed by atoms with Gasteiger partial charge in [-0.3, -0.25) is 9.63 Å². The number of hydrogen-bond acceptors (Lipinski definition) is 3. The SMILES string of the molecule is [2H][C@]1(c2ccc(-c3[nH]c4cccc5c4c3CONC5=O)cc2)CCCN1. The van der Waals surface area contributed by atoms with Crippen molar-refractivity contribution in [2.75, 3.05) is 6.54 Å². The van der Waals surface area contributed by atoms with Gasteiger partial charge < -0.3 is 10.3 Å². The van der Waals surface area contributed by atoms with Crippen molar-refractivity contribution in [1.29, 1.82) is 0 Å². The Hall–Kier alpha value is -2.63. The monoisotopic (exact) mass is 334 g/mol. The van der Waals surface area contributed by atoms with E-state index in [1.165, 1.54) is 0 Å². The maximum absolute atomic E-state index is 12.2. The molecule has 126 valence electrons. The van der Waals surface area contributed by atoms with Crippen LogP contribution in [0.25, 0.3) is 22.2 Å². The van der Waals surface area contributed by atoms with Crippen LogP contribution in [-0.4, -0.2) is 17.4 Å². The standard InChI is InChI=1S/C20H19N3O2/c24-20-14-3-1-4-17-18(14)15(11-25-23-20)19(22-17)13-8-6-12(7-9-13)16-5-2-10-21-16/h1,3-4,6-9,16,21-22H,2,5,10-11H2,(H,23,24)/t16-/m1/s1/i16D. The van der Waals surface area contributed by atoms with Gasteiger partial charge in [-0.25, -0.2) is 5.48 Å². The molecule has 5 nitrogen and oxygen atoms in total. The highest BCUT2D eigenvalue weighted by Crippen LogP contribution is 2.35. The van der Waals surface area contributed by atoms with Crippen molar-refractivity contribution >= 4 is 16.8 Å². The largest absolute Gasteiger partial charge is 0.354 e. The average molecular weight is 334 g/mol. The van der Waals surface area contributed by atoms with Crippen molar-refractivity contribution < 1.29 is 11.0 Å². The second-order valence-electron chi connectivity index (χ2n) is 6.51. The molecule has 0 bridgehead atoms. The Kier molecular flexibility index (Phi) is 3.12. The van der Waals surface area contributed by atoms with Gasteiger partial charge in [0, 0.05) is 22.5 Å². The molecular formula is C20H19N3O2. The third-order valence-corrected chi connectivity index (χ3v) is 5.02. The van der Waals surface area contributed by atoms with Gasteiger partial charge in [0.05, 0.1) is 12.6 Å². The van der Waals surface area contributed by atoms with E-state index in [9.17, 15) is 4.79 Å². The van der Waals surface area contributed by atoms with E-state index in [1.807, 2.05) is 42.5 Å². The molecule has 5 rings (SSSR count). The van der Waals surface area contributed by atoms with Gasteiger partial charge in [-0.05, 0) is 42.6 Å². The second-order valence-corrected chi connectivity index (χ2v) is 6.51. The van der Waals surface area contributed by atoms with Gasteiger partial charge in [0.25, 0.3) is 5.91 Å². The molecule has 0 radical (unpaired) electrons. The minimum Gasteiger partial charge on any atom is -0.354 e. The number of nitrogens with one attached hydrogen (secondary N) is 3. The van der Waals surface area contributed by atoms with Crippen LogP contribution in [0.4, 0.5) is 0 Å². The maximum atomic E-state index is 12.2. The third-order valence-electron chi connectivity index (χ3n) is 5.02. The summed E-state index contributed by atoms with van der Waals surface area (Å²) in [5, 5.41) is 4.19. The fourth-order valence-corrected chi connectivity index (χ4v) is 3.80. The van der Waals surface area contributed by atoms with E-state index in [-0.39, 0.29) is 5.91 Å². The lowest BCUT2D eigenvalue weighted by Crippen LogP contribution is -2.21. The minimum absolute atomic E-state index is 0.223. The Morgan fingerprint density at radius 2 is 2.04 bits per heavy atom. The first-order chi connectivity index (χ1) is 12.7. The van der Waals surface area contributed by atoms with Gasteiger partial charge in [0.15, 0.2) is 0 Å². The third kappa shape index (κ3) is 2.35. The summed E-state index contributed by atoms with van der Waals surface area (Å²) in [6.07, 6.45) is 1.85. The van der Waals surface area contributed by atoms with Crippen LogP contribution in [-0.2, 0) is 11.4 Å². The Morgan fingerprint density at radius 3 is 2.84 bits per heavy atom. The molecule has 2 aliphatic heterocycles. The zero-order chi connectivity index (χ0) is 17.7. The van der Waals surface area contributed by atoms with Crippen LogP contribution in [0.15, 0.2) is 42.5 Å². The smallest absolute Gasteiger partial charge is 0.275 e. The van der Waals surface area contributed by atoms with Gasteiger partial charge in [-0.1, -0.05) is 30.3 Å². The van der Waals surface area contributed by atoms with Crippen molar-refractivity contribution in [2.24, 2.45) is 0 Å². The van der Waals surface area contributed by atoms with Crippen LogP contribution in [0, 0.1) is 0 Å². The molecule has 3 N–H and O–H groups in total. The maximum Gasteiger partial charge on any atom is 0.275 e. The number of aromatic amines is 1. The Bertz CT molecular complexity index is 1000. The summed E-state index contributed by atoms with van der Waals surface area (Å²) < 4.78 is 8.57. The topological polar surface area (TPSA) is 66.1 Å². The number of carbonyl (C=O) groups is 1. The fraction of sp³-hybridized carbons (Fsp3) is 0.250. The number of carbonyl (C=O) groups excluding carboxylic acids is 1. The number of hydrogen-bond donors (Lipinski definition) is 3. The second kappa shape index (κ2) is 5.72. The van der Waals surface area contributed by atoms with Crippen molar-refractivity contribution in [3.8, 4) is 11.3 Å². The summed E-state index contributed by atoms with van der Waals surface area (Å²) >= 11 is 0. The first kappa shape index (κ1) is 13.6. The highest BCUT2D eigenvalue weighted by Gasteiger charge is 2.23. The van der Waals surface area contributed by atoms with Gasteiger partial charge in [-0.2, -0.15) is 0 Å². The fourth-order valence-electron chi connectivity index (χ4n) is 3.80. The van der Waals surface area contributed by atoms with E-state index >= 15 is 0 Å². The van der Waals surface area contributed by atoms with Crippen LogP contribution >= 0.6 is 0 Å². The Balaban J connectivity index is 1.62. The number of amides is 1. The van der Waals surface area contributed by atoms with Crippen molar-refractivity contribution in [2.45, 2.75) is 25.5 Å². The first-order valence-corrected chi connectivity index (χ1v) is 8.57. The normalized spacial score (nSPS) is 23.4. The van der Waals surface area contributed by atoms with Crippen LogP contribution < -0.4 is 10.8 Å². The molecule has 0 saturated carbocycles. The summed E-state index contributed by atoms with van der Waals surface area (Å²) in [6, 6.07) is 13.1. The van der Waals surface area contributed by atoms with Crippen LogP contribution in [0.5, 0.6) is 0 Å². The lowest BCUT2D eigenvalue weighted by Gasteiger charge is -2.11. The van der Waals surface area contributed by atoms with E-state index in [1.54, 1.807) is 0 Å². The number of hydroxylamine groups is 1. The van der Waals surface area contributed by atoms with Gasteiger partial charge in [0.2, 0.25) is 0 Å². The number of rotatable bonds is 2. The van der Waals surface area contributed by atoms with E-state index in [0.717, 1.165) is 52.7 Å². The summed E-state index contributed by atoms with van der Waals surface area (Å²) in [5.41, 5.74) is 7.95. The molecule has 1 saturated heterocycles. The Labute approximate surface area is 146 Å². The lowest BCUT2D eigenvalue weighted by atomic mass is 9.99. The van der Waals surface area contributed by atoms with E-state index < -0.39 is 6.02 Å². The highest BCUT2D eigenvalue weighted by molar-refractivity contribution is 6.09. The molecule has 0 spiro atoms. The van der Waals surface area contributed by atoms with Crippen molar-refractivity contribution in [3.05, 3.63) is 59.2 Å². The molecule has 3 heterocycles. The van der Waals surface area contributed by atoms with Gasteiger partial charge in [-0.15, -0.1) is 0 Å². The van der Waals surface area contributed by atoms with Crippen molar-refractivity contribution in [3.63, 3.8) is 0 Å². The number of H-pyrrole nitrogens is 1. The van der Waals surface area contributed by atoms with Gasteiger partial charge >= 0.3 is 0 Å². The average Bonchev–Trinajstić information content (AvgIpc) is 3.22. The molecule has 5 heteroatoms. The lowest BCUT2D eigenvalue weighted by molar-refractivity contribution is 0.0256. The summed E-state index contributed by atoms with van der Waals surface area (Å²) in [7, 11) is 0. The minimum atomic E-state index is -0.683. The molecule has 25 heavy (non-hydrogen) atoms. The van der Waals surface area contributed by atoms with Crippen molar-refractivity contribution in [1.82, 2.24) is 15.8 Å². The highest BCUT2D eigenvalue weighted by atomic mass is 16.6. The molecule has 0 aliphatic carbocycles. The zero-order valence-corrected chi connectivity index (χ0v) is 13.7. The predicted molar refractivity (Wildman–Crippen MR) is 96.0 cm³/mol. The summed E-state index contributed by atoms with van der Waals surface area (Å²) in [5.74, 6) is -0.223. The predicted octanol–water partition coefficient (Wildman–Crippen LogP) is 3.43. The zero-order valence-electron chi connectivity index (χ0n) is 14.7. The number of aromatic nitrogens is 1. The van der Waals surface area contributed by atoms with E-state index in [4.69, 9.17) is 6.21 Å². The molecule has 1 amide bonds. The summed E-state index contributed by atoms with van der Waals surface area (Å²) in [6.45, 7) is 1.20. The van der Waals surface area contributed by atoms with Crippen LogP contribution in [0.3, 0.4) is 0 Å². The van der Waals surface area contributed by atoms with E-state index in [2.05, 4.69) is 15.8 Å². The van der Waals surface area contributed by atoms with Gasteiger partial charge in [0.1, 0.15) is 6.61 Å². The molecule has 2 aliphatic rings. The molecule has 1 fully saturated rings. The molecule has 1 atom stereocenters. The van der Waals surface area contributed by atoms with E-state index in [0.29, 0.717) is 12.2 Å². The first-order valence-electron chi connectivity index (χ1n) is 9.07. The molecule has 1 aromatic heterocycles. The molecule has 0 unspecified atom stereocenters. The van der Waals surface area contributed by atoms with Crippen LogP contribution in [0.2, 0.25) is 0 Å². The summed E-state index contributed by atoms with van der Waals surface area (Å²) in [4.78, 5) is 21.0. The molecule has 3 aromatic rings.